The van der Waals surface area contributed by atoms with Crippen LogP contribution in [0, 0.1) is 6.92 Å². The molecule has 2 aliphatic rings. The standard InChI is InChI=1S/C27H26ClN7O3/c1-17-32-33-25-27(8-9-27)31-24(18-2-5-21(28)6-3-18)22-14-19(4-7-23(22)35(17)25)20-15-30-34(16-20)11-13-38-12-10-29-26(36)37/h2-7,14-16,29H,8-13H2,1H3,(H,36,37). The van der Waals surface area contributed by atoms with Crippen molar-refractivity contribution in [2.24, 2.45) is 4.99 Å². The maximum atomic E-state index is 10.5. The largest absolute Gasteiger partial charge is 0.465 e. The van der Waals surface area contributed by atoms with Gasteiger partial charge in [-0.2, -0.15) is 5.10 Å². The number of nitrogens with one attached hydrogen (secondary N) is 1. The van der Waals surface area contributed by atoms with Crippen LogP contribution in [0.15, 0.2) is 59.9 Å². The number of carboxylic acid groups (broad SMARTS) is 1. The van der Waals surface area contributed by atoms with Gasteiger partial charge in [0, 0.05) is 34.5 Å². The lowest BCUT2D eigenvalue weighted by atomic mass is 9.96. The number of ether oxygens (including phenoxy) is 1. The molecular formula is C27H26ClN7O3. The fraction of sp³-hybridized carbons (Fsp3) is 0.296. The fourth-order valence-corrected chi connectivity index (χ4v) is 4.91. The Kier molecular flexibility index (Phi) is 6.21. The Hall–Kier alpha value is -4.02. The van der Waals surface area contributed by atoms with Crippen LogP contribution < -0.4 is 5.32 Å². The van der Waals surface area contributed by atoms with Gasteiger partial charge in [0.1, 0.15) is 11.4 Å². The average molecular weight is 532 g/mol. The summed E-state index contributed by atoms with van der Waals surface area (Å²) in [6.45, 7) is 3.52. The van der Waals surface area contributed by atoms with E-state index in [1.165, 1.54) is 0 Å². The van der Waals surface area contributed by atoms with Crippen LogP contribution in [0.5, 0.6) is 0 Å². The van der Waals surface area contributed by atoms with Gasteiger partial charge in [0.25, 0.3) is 0 Å². The van der Waals surface area contributed by atoms with E-state index in [4.69, 9.17) is 26.4 Å². The van der Waals surface area contributed by atoms with E-state index in [9.17, 15) is 4.79 Å². The highest BCUT2D eigenvalue weighted by Gasteiger charge is 2.51. The molecule has 0 saturated heterocycles. The Morgan fingerprint density at radius 1 is 1.11 bits per heavy atom. The summed E-state index contributed by atoms with van der Waals surface area (Å²) in [5.41, 5.74) is 5.54. The summed E-state index contributed by atoms with van der Waals surface area (Å²) >= 11 is 6.20. The molecule has 2 aromatic carbocycles. The molecular weight excluding hydrogens is 506 g/mol. The third-order valence-electron chi connectivity index (χ3n) is 6.85. The number of fused-ring (bicyclic) bond motifs is 4. The van der Waals surface area contributed by atoms with Crippen molar-refractivity contribution in [1.82, 2.24) is 29.9 Å². The number of hydrogen-bond acceptors (Lipinski definition) is 6. The van der Waals surface area contributed by atoms with Crippen molar-refractivity contribution >= 4 is 23.4 Å². The van der Waals surface area contributed by atoms with Crippen LogP contribution in [0.3, 0.4) is 0 Å². The summed E-state index contributed by atoms with van der Waals surface area (Å²) in [7, 11) is 0. The van der Waals surface area contributed by atoms with E-state index in [0.717, 1.165) is 58.1 Å². The second-order valence-corrected chi connectivity index (χ2v) is 9.91. The van der Waals surface area contributed by atoms with Crippen LogP contribution in [0.2, 0.25) is 5.02 Å². The second-order valence-electron chi connectivity index (χ2n) is 9.47. The molecule has 0 unspecified atom stereocenters. The molecule has 38 heavy (non-hydrogen) atoms. The smallest absolute Gasteiger partial charge is 0.404 e. The Morgan fingerprint density at radius 2 is 1.89 bits per heavy atom. The van der Waals surface area contributed by atoms with Crippen LogP contribution >= 0.6 is 11.6 Å². The first-order valence-corrected chi connectivity index (χ1v) is 12.8. The molecule has 10 nitrogen and oxygen atoms in total. The van der Waals surface area contributed by atoms with Crippen LogP contribution in [0.25, 0.3) is 16.8 Å². The second kappa shape index (κ2) is 9.70. The first kappa shape index (κ1) is 24.3. The molecule has 1 saturated carbocycles. The van der Waals surface area contributed by atoms with Crippen molar-refractivity contribution in [2.45, 2.75) is 31.8 Å². The van der Waals surface area contributed by atoms with Gasteiger partial charge < -0.3 is 15.2 Å². The van der Waals surface area contributed by atoms with Crippen molar-refractivity contribution < 1.29 is 14.6 Å². The molecule has 11 heteroatoms. The molecule has 6 rings (SSSR count). The van der Waals surface area contributed by atoms with Crippen molar-refractivity contribution in [2.75, 3.05) is 19.8 Å². The van der Waals surface area contributed by atoms with E-state index >= 15 is 0 Å². The van der Waals surface area contributed by atoms with Gasteiger partial charge in [-0.3, -0.25) is 14.2 Å². The lowest BCUT2D eigenvalue weighted by Crippen LogP contribution is -2.25. The summed E-state index contributed by atoms with van der Waals surface area (Å²) in [5, 5.41) is 25.0. The van der Waals surface area contributed by atoms with Crippen LogP contribution in [-0.4, -0.2) is 61.2 Å². The summed E-state index contributed by atoms with van der Waals surface area (Å²) in [6.07, 6.45) is 4.63. The lowest BCUT2D eigenvalue weighted by Gasteiger charge is -2.14. The maximum Gasteiger partial charge on any atom is 0.404 e. The van der Waals surface area contributed by atoms with E-state index in [1.54, 1.807) is 0 Å². The summed E-state index contributed by atoms with van der Waals surface area (Å²) < 4.78 is 9.46. The fourth-order valence-electron chi connectivity index (χ4n) is 4.78. The minimum absolute atomic E-state index is 0.251. The number of aromatic nitrogens is 5. The first-order valence-electron chi connectivity index (χ1n) is 12.4. The van der Waals surface area contributed by atoms with Gasteiger partial charge in [0.05, 0.1) is 37.4 Å². The van der Waals surface area contributed by atoms with Crippen molar-refractivity contribution in [3.8, 4) is 16.8 Å². The molecule has 0 bridgehead atoms. The van der Waals surface area contributed by atoms with Gasteiger partial charge in [0.2, 0.25) is 0 Å². The first-order chi connectivity index (χ1) is 18.4. The zero-order valence-corrected chi connectivity index (χ0v) is 21.5. The number of aryl methyl sites for hydroxylation is 1. The Balaban J connectivity index is 1.32. The molecule has 2 N–H and O–H groups in total. The molecule has 0 radical (unpaired) electrons. The molecule has 3 heterocycles. The SMILES string of the molecule is Cc1nnc2n1-c1ccc(-c3cnn(CCOCCNC(=O)O)c3)cc1C(c1ccc(Cl)cc1)=NC21CC1. The highest BCUT2D eigenvalue weighted by Crippen LogP contribution is 2.51. The number of aliphatic imine (C=N–C) groups is 1. The Morgan fingerprint density at radius 3 is 2.66 bits per heavy atom. The molecule has 1 aliphatic carbocycles. The number of benzene rings is 2. The van der Waals surface area contributed by atoms with E-state index in [2.05, 4.69) is 43.4 Å². The van der Waals surface area contributed by atoms with Crippen LogP contribution in [0.4, 0.5) is 4.79 Å². The minimum atomic E-state index is -1.06. The van der Waals surface area contributed by atoms with Crippen LogP contribution in [-0.2, 0) is 16.8 Å². The summed E-state index contributed by atoms with van der Waals surface area (Å²) in [4.78, 5) is 15.8. The van der Waals surface area contributed by atoms with Gasteiger partial charge in [-0.15, -0.1) is 10.2 Å². The maximum absolute atomic E-state index is 10.5. The monoisotopic (exact) mass is 531 g/mol. The zero-order chi connectivity index (χ0) is 26.3. The van der Waals surface area contributed by atoms with E-state index in [0.29, 0.717) is 24.8 Å². The number of carbonyl (C=O) groups is 1. The number of rotatable bonds is 8. The Bertz CT molecular complexity index is 1540. The quantitative estimate of drug-likeness (QED) is 0.329. The van der Waals surface area contributed by atoms with Crippen molar-refractivity contribution in [3.63, 3.8) is 0 Å². The number of nitrogens with zero attached hydrogens (tertiary/aromatic N) is 6. The predicted molar refractivity (Wildman–Crippen MR) is 142 cm³/mol. The van der Waals surface area contributed by atoms with Gasteiger partial charge in [0.15, 0.2) is 5.82 Å². The number of halogens is 1. The zero-order valence-electron chi connectivity index (χ0n) is 20.8. The molecule has 194 valence electrons. The molecule has 4 aromatic rings. The normalized spacial score (nSPS) is 14.9. The van der Waals surface area contributed by atoms with Gasteiger partial charge in [-0.05, 0) is 49.6 Å². The molecule has 1 aliphatic heterocycles. The number of amides is 1. The third-order valence-corrected chi connectivity index (χ3v) is 7.11. The predicted octanol–water partition coefficient (Wildman–Crippen LogP) is 4.22. The average Bonchev–Trinajstić information content (AvgIpc) is 3.38. The molecule has 0 atom stereocenters. The molecule has 1 spiro atoms. The molecule has 2 aromatic heterocycles. The number of hydrogen-bond donors (Lipinski definition) is 2. The topological polar surface area (TPSA) is 119 Å². The van der Waals surface area contributed by atoms with Gasteiger partial charge in [-0.25, -0.2) is 4.79 Å². The van der Waals surface area contributed by atoms with Crippen molar-refractivity contribution in [3.05, 3.63) is 82.7 Å². The van der Waals surface area contributed by atoms with Crippen molar-refractivity contribution in [1.29, 1.82) is 0 Å². The highest BCUT2D eigenvalue weighted by molar-refractivity contribution is 6.30. The summed E-state index contributed by atoms with van der Waals surface area (Å²) in [5.74, 6) is 1.72. The minimum Gasteiger partial charge on any atom is -0.465 e. The van der Waals surface area contributed by atoms with E-state index in [1.807, 2.05) is 48.3 Å². The lowest BCUT2D eigenvalue weighted by molar-refractivity contribution is 0.123. The summed E-state index contributed by atoms with van der Waals surface area (Å²) in [6, 6.07) is 14.1. The van der Waals surface area contributed by atoms with E-state index < -0.39 is 6.09 Å². The highest BCUT2D eigenvalue weighted by atomic mass is 35.5. The van der Waals surface area contributed by atoms with E-state index in [-0.39, 0.29) is 12.1 Å². The molecule has 1 fully saturated rings. The third kappa shape index (κ3) is 4.57. The van der Waals surface area contributed by atoms with Crippen LogP contribution in [0.1, 0.15) is 35.6 Å². The Labute approximate surface area is 223 Å². The molecule has 1 amide bonds. The van der Waals surface area contributed by atoms with Gasteiger partial charge >= 0.3 is 6.09 Å². The van der Waals surface area contributed by atoms with Gasteiger partial charge in [-0.1, -0.05) is 29.8 Å².